The van der Waals surface area contributed by atoms with Gasteiger partial charge in [0.05, 0.1) is 12.3 Å². The predicted molar refractivity (Wildman–Crippen MR) is 63.9 cm³/mol. The first-order chi connectivity index (χ1) is 9.06. The molecular formula is C11H16N4O4. The van der Waals surface area contributed by atoms with Crippen LogP contribution < -0.4 is 0 Å². The Hall–Kier alpha value is -1.96. The van der Waals surface area contributed by atoms with Crippen molar-refractivity contribution in [2.75, 3.05) is 27.3 Å². The number of nitrogens with zero attached hydrogens (tertiary/aromatic N) is 4. The van der Waals surface area contributed by atoms with Crippen LogP contribution in [-0.2, 0) is 16.0 Å². The number of methoxy groups -OCH3 is 1. The normalized spacial score (nSPS) is 19.2. The Kier molecular flexibility index (Phi) is 3.79. The summed E-state index contributed by atoms with van der Waals surface area (Å²) < 4.78 is 6.38. The highest BCUT2D eigenvalue weighted by Crippen LogP contribution is 2.24. The van der Waals surface area contributed by atoms with Gasteiger partial charge in [-0.1, -0.05) is 5.21 Å². The number of carbonyl (C=O) groups is 2. The van der Waals surface area contributed by atoms with Gasteiger partial charge in [-0.25, -0.2) is 9.48 Å². The summed E-state index contributed by atoms with van der Waals surface area (Å²) >= 11 is 0. The average Bonchev–Trinajstić information content (AvgIpc) is 2.92. The van der Waals surface area contributed by atoms with Gasteiger partial charge in [0.2, 0.25) is 5.91 Å². The Balaban J connectivity index is 2.34. The average molecular weight is 268 g/mol. The zero-order valence-corrected chi connectivity index (χ0v) is 10.9. The Bertz CT molecular complexity index is 499. The number of likely N-dealkylation sites (tertiary alicyclic amines) is 1. The maximum atomic E-state index is 12.0. The number of likely N-dealkylation sites (N-methyl/N-ethyl adjacent to an activating group) is 1. The van der Waals surface area contributed by atoms with Crippen molar-refractivity contribution < 1.29 is 19.4 Å². The van der Waals surface area contributed by atoms with E-state index in [-0.39, 0.29) is 11.6 Å². The minimum atomic E-state index is -1.14. The van der Waals surface area contributed by atoms with E-state index in [1.165, 1.54) is 11.8 Å². The summed E-state index contributed by atoms with van der Waals surface area (Å²) in [6.45, 7) is 0.986. The van der Waals surface area contributed by atoms with Crippen molar-refractivity contribution in [3.05, 3.63) is 11.4 Å². The van der Waals surface area contributed by atoms with E-state index < -0.39 is 12.0 Å². The van der Waals surface area contributed by atoms with Crippen LogP contribution in [0.2, 0.25) is 0 Å². The van der Waals surface area contributed by atoms with Gasteiger partial charge in [-0.05, 0) is 6.42 Å². The van der Waals surface area contributed by atoms with Crippen molar-refractivity contribution in [3.63, 3.8) is 0 Å². The third-order valence-corrected chi connectivity index (χ3v) is 3.23. The lowest BCUT2D eigenvalue weighted by atomic mass is 10.2. The number of hydrogen-bond acceptors (Lipinski definition) is 5. The largest absolute Gasteiger partial charge is 0.476 e. The van der Waals surface area contributed by atoms with Crippen LogP contribution in [0.3, 0.4) is 0 Å². The van der Waals surface area contributed by atoms with E-state index in [9.17, 15) is 9.59 Å². The summed E-state index contributed by atoms with van der Waals surface area (Å²) in [5.74, 6) is -1.21. The SMILES string of the molecule is COCCc1c(C(=O)O)nnn1C1CCN(C)C1=O. The molecule has 1 aromatic rings. The Labute approximate surface area is 109 Å². The maximum absolute atomic E-state index is 12.0. The van der Waals surface area contributed by atoms with E-state index >= 15 is 0 Å². The zero-order valence-electron chi connectivity index (χ0n) is 10.9. The van der Waals surface area contributed by atoms with Gasteiger partial charge in [0.1, 0.15) is 6.04 Å². The first kappa shape index (κ1) is 13.5. The van der Waals surface area contributed by atoms with Crippen LogP contribution in [0.25, 0.3) is 0 Å². The lowest BCUT2D eigenvalue weighted by molar-refractivity contribution is -0.129. The summed E-state index contributed by atoms with van der Waals surface area (Å²) in [5.41, 5.74) is 0.322. The second kappa shape index (κ2) is 5.35. The van der Waals surface area contributed by atoms with Gasteiger partial charge >= 0.3 is 5.97 Å². The van der Waals surface area contributed by atoms with Crippen LogP contribution in [0, 0.1) is 0 Å². The quantitative estimate of drug-likeness (QED) is 0.778. The van der Waals surface area contributed by atoms with Gasteiger partial charge in [-0.2, -0.15) is 0 Å². The molecule has 0 aliphatic carbocycles. The summed E-state index contributed by atoms with van der Waals surface area (Å²) in [4.78, 5) is 24.7. The molecule has 1 aromatic heterocycles. The molecule has 8 nitrogen and oxygen atoms in total. The fourth-order valence-corrected chi connectivity index (χ4v) is 2.19. The second-order valence-corrected chi connectivity index (χ2v) is 4.44. The van der Waals surface area contributed by atoms with E-state index in [0.717, 1.165) is 0 Å². The summed E-state index contributed by atoms with van der Waals surface area (Å²) in [6, 6.07) is -0.461. The smallest absolute Gasteiger partial charge is 0.358 e. The molecule has 2 heterocycles. The summed E-state index contributed by atoms with van der Waals surface area (Å²) in [5, 5.41) is 16.6. The maximum Gasteiger partial charge on any atom is 0.358 e. The number of aromatic carboxylic acids is 1. The molecule has 1 amide bonds. The minimum absolute atomic E-state index is 0.0690. The molecule has 0 radical (unpaired) electrons. The van der Waals surface area contributed by atoms with Crippen LogP contribution in [-0.4, -0.2) is 64.2 Å². The molecule has 2 rings (SSSR count). The highest BCUT2D eigenvalue weighted by atomic mass is 16.5. The molecule has 1 N–H and O–H groups in total. The van der Waals surface area contributed by atoms with Crippen molar-refractivity contribution in [2.24, 2.45) is 0 Å². The summed E-state index contributed by atoms with van der Waals surface area (Å²) in [7, 11) is 3.25. The van der Waals surface area contributed by atoms with Crippen LogP contribution in [0.4, 0.5) is 0 Å². The van der Waals surface area contributed by atoms with Gasteiger partial charge in [0, 0.05) is 27.1 Å². The molecule has 1 aliphatic heterocycles. The van der Waals surface area contributed by atoms with E-state index in [2.05, 4.69) is 10.3 Å². The van der Waals surface area contributed by atoms with Crippen LogP contribution >= 0.6 is 0 Å². The molecule has 19 heavy (non-hydrogen) atoms. The molecule has 0 spiro atoms. The molecular weight excluding hydrogens is 252 g/mol. The molecule has 8 heteroatoms. The zero-order chi connectivity index (χ0) is 14.0. The van der Waals surface area contributed by atoms with Crippen LogP contribution in [0.15, 0.2) is 0 Å². The van der Waals surface area contributed by atoms with E-state index in [0.29, 0.717) is 31.7 Å². The van der Waals surface area contributed by atoms with Gasteiger partial charge in [0.25, 0.3) is 0 Å². The van der Waals surface area contributed by atoms with Crippen molar-refractivity contribution in [1.82, 2.24) is 19.9 Å². The van der Waals surface area contributed by atoms with Crippen molar-refractivity contribution in [2.45, 2.75) is 18.9 Å². The number of aromatic nitrogens is 3. The summed E-state index contributed by atoms with van der Waals surface area (Å²) in [6.07, 6.45) is 0.969. The van der Waals surface area contributed by atoms with E-state index in [1.54, 1.807) is 11.9 Å². The number of carbonyl (C=O) groups excluding carboxylic acids is 1. The number of hydrogen-bond donors (Lipinski definition) is 1. The molecule has 1 unspecified atom stereocenters. The predicted octanol–water partition coefficient (Wildman–Crippen LogP) is -0.432. The number of carboxylic acids is 1. The standard InChI is InChI=1S/C11H16N4O4/c1-14-5-3-8(10(14)16)15-7(4-6-19-2)9(11(17)18)12-13-15/h8H,3-6H2,1-2H3,(H,17,18). The van der Waals surface area contributed by atoms with Gasteiger partial charge in [0.15, 0.2) is 5.69 Å². The molecule has 0 saturated carbocycles. The van der Waals surface area contributed by atoms with Crippen LogP contribution in [0.1, 0.15) is 28.6 Å². The first-order valence-corrected chi connectivity index (χ1v) is 5.97. The Morgan fingerprint density at radius 3 is 2.84 bits per heavy atom. The molecule has 0 aromatic carbocycles. The van der Waals surface area contributed by atoms with Crippen molar-refractivity contribution in [1.29, 1.82) is 0 Å². The van der Waals surface area contributed by atoms with Crippen molar-refractivity contribution in [3.8, 4) is 0 Å². The fourth-order valence-electron chi connectivity index (χ4n) is 2.19. The lowest BCUT2D eigenvalue weighted by Crippen LogP contribution is -2.26. The minimum Gasteiger partial charge on any atom is -0.476 e. The number of amides is 1. The highest BCUT2D eigenvalue weighted by Gasteiger charge is 2.34. The Morgan fingerprint density at radius 2 is 2.32 bits per heavy atom. The highest BCUT2D eigenvalue weighted by molar-refractivity contribution is 5.87. The van der Waals surface area contributed by atoms with E-state index in [4.69, 9.17) is 9.84 Å². The number of ether oxygens (including phenoxy) is 1. The van der Waals surface area contributed by atoms with Crippen molar-refractivity contribution >= 4 is 11.9 Å². The topological polar surface area (TPSA) is 97.6 Å². The van der Waals surface area contributed by atoms with Crippen LogP contribution in [0.5, 0.6) is 0 Å². The monoisotopic (exact) mass is 268 g/mol. The second-order valence-electron chi connectivity index (χ2n) is 4.44. The third kappa shape index (κ3) is 2.43. The molecule has 1 aliphatic rings. The third-order valence-electron chi connectivity index (χ3n) is 3.23. The molecule has 104 valence electrons. The lowest BCUT2D eigenvalue weighted by Gasteiger charge is -2.13. The van der Waals surface area contributed by atoms with E-state index in [1.807, 2.05) is 0 Å². The van der Waals surface area contributed by atoms with Gasteiger partial charge in [-0.15, -0.1) is 5.10 Å². The molecule has 1 atom stereocenters. The molecule has 0 bridgehead atoms. The number of carboxylic acid groups (broad SMARTS) is 1. The van der Waals surface area contributed by atoms with Gasteiger partial charge in [-0.3, -0.25) is 4.79 Å². The molecule has 1 fully saturated rings. The first-order valence-electron chi connectivity index (χ1n) is 5.97. The fraction of sp³-hybridized carbons (Fsp3) is 0.636. The molecule has 1 saturated heterocycles. The number of rotatable bonds is 5. The van der Waals surface area contributed by atoms with Gasteiger partial charge < -0.3 is 14.7 Å². The Morgan fingerprint density at radius 1 is 1.58 bits per heavy atom.